The highest BCUT2D eigenvalue weighted by atomic mass is 19.4. The molecule has 1 saturated carbocycles. The molecule has 1 aliphatic rings. The SMILES string of the molecule is CCCN(CC(F)(F)F)C1CCCCC1O. The summed E-state index contributed by atoms with van der Waals surface area (Å²) in [5, 5.41) is 9.75. The van der Waals surface area contributed by atoms with Crippen LogP contribution in [0.3, 0.4) is 0 Å². The molecule has 1 N–H and O–H groups in total. The van der Waals surface area contributed by atoms with Gasteiger partial charge in [0.05, 0.1) is 12.6 Å². The van der Waals surface area contributed by atoms with Crippen LogP contribution in [0.5, 0.6) is 0 Å². The minimum absolute atomic E-state index is 0.310. The Labute approximate surface area is 94.4 Å². The second kappa shape index (κ2) is 5.87. The van der Waals surface area contributed by atoms with Crippen LogP contribution in [-0.2, 0) is 0 Å². The van der Waals surface area contributed by atoms with Gasteiger partial charge in [-0.2, -0.15) is 13.2 Å². The molecule has 2 nitrogen and oxygen atoms in total. The summed E-state index contributed by atoms with van der Waals surface area (Å²) in [6.07, 6.45) is -0.947. The maximum Gasteiger partial charge on any atom is 0.401 e. The summed E-state index contributed by atoms with van der Waals surface area (Å²) in [6.45, 7) is 1.36. The van der Waals surface area contributed by atoms with E-state index in [-0.39, 0.29) is 6.04 Å². The third-order valence-corrected chi connectivity index (χ3v) is 3.06. The Hall–Kier alpha value is -0.290. The molecule has 0 aromatic rings. The first-order valence-corrected chi connectivity index (χ1v) is 5.93. The van der Waals surface area contributed by atoms with E-state index in [1.54, 1.807) is 0 Å². The lowest BCUT2D eigenvalue weighted by molar-refractivity contribution is -0.157. The number of halogens is 3. The quantitative estimate of drug-likeness (QED) is 0.815. The van der Waals surface area contributed by atoms with Gasteiger partial charge in [0.25, 0.3) is 0 Å². The summed E-state index contributed by atoms with van der Waals surface area (Å²) in [4.78, 5) is 1.39. The molecule has 1 fully saturated rings. The fourth-order valence-corrected chi connectivity index (χ4v) is 2.40. The van der Waals surface area contributed by atoms with Gasteiger partial charge in [0.15, 0.2) is 0 Å². The van der Waals surface area contributed by atoms with Gasteiger partial charge in [-0.1, -0.05) is 19.8 Å². The van der Waals surface area contributed by atoms with Gasteiger partial charge < -0.3 is 5.11 Å². The van der Waals surface area contributed by atoms with Crippen molar-refractivity contribution >= 4 is 0 Å². The largest absolute Gasteiger partial charge is 0.401 e. The van der Waals surface area contributed by atoms with Crippen LogP contribution in [0.4, 0.5) is 13.2 Å². The zero-order valence-electron chi connectivity index (χ0n) is 9.63. The van der Waals surface area contributed by atoms with E-state index >= 15 is 0 Å². The molecule has 2 atom stereocenters. The van der Waals surface area contributed by atoms with Crippen LogP contribution in [0.25, 0.3) is 0 Å². The zero-order chi connectivity index (χ0) is 12.2. The van der Waals surface area contributed by atoms with Crippen molar-refractivity contribution in [3.63, 3.8) is 0 Å². The first-order chi connectivity index (χ1) is 7.44. The molecule has 0 spiro atoms. The lowest BCUT2D eigenvalue weighted by atomic mass is 9.91. The number of nitrogens with zero attached hydrogens (tertiary/aromatic N) is 1. The average Bonchev–Trinajstić information content (AvgIpc) is 2.16. The van der Waals surface area contributed by atoms with Crippen LogP contribution in [0, 0.1) is 0 Å². The number of hydrogen-bond donors (Lipinski definition) is 1. The number of aliphatic hydroxyl groups excluding tert-OH is 1. The molecule has 0 aromatic carbocycles. The molecule has 0 heterocycles. The summed E-state index contributed by atoms with van der Waals surface area (Å²) in [5.74, 6) is 0. The topological polar surface area (TPSA) is 23.5 Å². The molecule has 2 unspecified atom stereocenters. The standard InChI is InChI=1S/C11H20F3NO/c1-2-7-15(8-11(12,13)14)9-5-3-4-6-10(9)16/h9-10,16H,2-8H2,1H3. The van der Waals surface area contributed by atoms with E-state index in [4.69, 9.17) is 0 Å². The highest BCUT2D eigenvalue weighted by Gasteiger charge is 2.36. The van der Waals surface area contributed by atoms with E-state index in [1.165, 1.54) is 4.90 Å². The second-order valence-corrected chi connectivity index (χ2v) is 4.50. The Balaban J connectivity index is 2.60. The molecule has 96 valence electrons. The highest BCUT2D eigenvalue weighted by molar-refractivity contribution is 4.84. The van der Waals surface area contributed by atoms with E-state index in [1.807, 2.05) is 6.92 Å². The predicted molar refractivity (Wildman–Crippen MR) is 56.2 cm³/mol. The Kier molecular flexibility index (Phi) is 5.05. The molecule has 1 aliphatic carbocycles. The molecule has 0 aliphatic heterocycles. The van der Waals surface area contributed by atoms with Gasteiger partial charge in [-0.15, -0.1) is 0 Å². The van der Waals surface area contributed by atoms with Crippen molar-refractivity contribution < 1.29 is 18.3 Å². The molecule has 0 saturated heterocycles. The van der Waals surface area contributed by atoms with Gasteiger partial charge in [0.2, 0.25) is 0 Å². The fourth-order valence-electron chi connectivity index (χ4n) is 2.40. The normalized spacial score (nSPS) is 27.4. The number of alkyl halides is 3. The van der Waals surface area contributed by atoms with Crippen LogP contribution >= 0.6 is 0 Å². The number of hydrogen-bond acceptors (Lipinski definition) is 2. The fraction of sp³-hybridized carbons (Fsp3) is 1.00. The highest BCUT2D eigenvalue weighted by Crippen LogP contribution is 2.26. The van der Waals surface area contributed by atoms with Crippen molar-refractivity contribution in [3.05, 3.63) is 0 Å². The van der Waals surface area contributed by atoms with Gasteiger partial charge in [-0.05, 0) is 25.8 Å². The second-order valence-electron chi connectivity index (χ2n) is 4.50. The molecule has 5 heteroatoms. The number of rotatable bonds is 4. The van der Waals surface area contributed by atoms with Crippen molar-refractivity contribution in [2.45, 2.75) is 57.3 Å². The maximum atomic E-state index is 12.4. The van der Waals surface area contributed by atoms with Crippen LogP contribution < -0.4 is 0 Å². The molecular weight excluding hydrogens is 219 g/mol. The predicted octanol–water partition coefficient (Wildman–Crippen LogP) is 2.56. The molecular formula is C11H20F3NO. The van der Waals surface area contributed by atoms with Crippen LogP contribution in [-0.4, -0.2) is 41.4 Å². The van der Waals surface area contributed by atoms with E-state index in [9.17, 15) is 18.3 Å². The first kappa shape index (κ1) is 13.8. The van der Waals surface area contributed by atoms with Crippen molar-refractivity contribution in [2.75, 3.05) is 13.1 Å². The van der Waals surface area contributed by atoms with E-state index < -0.39 is 18.8 Å². The smallest absolute Gasteiger partial charge is 0.391 e. The Morgan fingerprint density at radius 1 is 1.25 bits per heavy atom. The lowest BCUT2D eigenvalue weighted by Crippen LogP contribution is -2.49. The molecule has 0 aromatic heterocycles. The van der Waals surface area contributed by atoms with Crippen LogP contribution in [0.1, 0.15) is 39.0 Å². The molecule has 0 bridgehead atoms. The lowest BCUT2D eigenvalue weighted by Gasteiger charge is -2.37. The molecule has 16 heavy (non-hydrogen) atoms. The van der Waals surface area contributed by atoms with Gasteiger partial charge >= 0.3 is 6.18 Å². The summed E-state index contributed by atoms with van der Waals surface area (Å²) >= 11 is 0. The van der Waals surface area contributed by atoms with Crippen molar-refractivity contribution in [2.24, 2.45) is 0 Å². The van der Waals surface area contributed by atoms with Gasteiger partial charge in [0, 0.05) is 6.04 Å². The minimum atomic E-state index is -4.17. The third kappa shape index (κ3) is 4.29. The summed E-state index contributed by atoms with van der Waals surface area (Å²) in [6, 6.07) is -0.310. The minimum Gasteiger partial charge on any atom is -0.391 e. The van der Waals surface area contributed by atoms with Gasteiger partial charge in [0.1, 0.15) is 0 Å². The summed E-state index contributed by atoms with van der Waals surface area (Å²) in [7, 11) is 0. The average molecular weight is 239 g/mol. The molecule has 0 amide bonds. The van der Waals surface area contributed by atoms with E-state index in [2.05, 4.69) is 0 Å². The van der Waals surface area contributed by atoms with Crippen LogP contribution in [0.2, 0.25) is 0 Å². The van der Waals surface area contributed by atoms with Gasteiger partial charge in [-0.3, -0.25) is 4.90 Å². The monoisotopic (exact) mass is 239 g/mol. The van der Waals surface area contributed by atoms with Crippen molar-refractivity contribution in [3.8, 4) is 0 Å². The van der Waals surface area contributed by atoms with E-state index in [0.717, 1.165) is 12.8 Å². The zero-order valence-corrected chi connectivity index (χ0v) is 9.63. The number of aliphatic hydroxyl groups is 1. The Morgan fingerprint density at radius 3 is 2.38 bits per heavy atom. The van der Waals surface area contributed by atoms with Crippen LogP contribution in [0.15, 0.2) is 0 Å². The van der Waals surface area contributed by atoms with Crippen molar-refractivity contribution in [1.29, 1.82) is 0 Å². The van der Waals surface area contributed by atoms with E-state index in [0.29, 0.717) is 25.8 Å². The van der Waals surface area contributed by atoms with Crippen molar-refractivity contribution in [1.82, 2.24) is 4.90 Å². The van der Waals surface area contributed by atoms with Gasteiger partial charge in [-0.25, -0.2) is 0 Å². The Bertz CT molecular complexity index is 208. The third-order valence-electron chi connectivity index (χ3n) is 3.06. The Morgan fingerprint density at radius 2 is 1.88 bits per heavy atom. The maximum absolute atomic E-state index is 12.4. The molecule has 0 radical (unpaired) electrons. The first-order valence-electron chi connectivity index (χ1n) is 5.93. The summed E-state index contributed by atoms with van der Waals surface area (Å²) < 4.78 is 37.2. The summed E-state index contributed by atoms with van der Waals surface area (Å²) in [5.41, 5.74) is 0. The molecule has 1 rings (SSSR count).